The Hall–Kier alpha value is -2.49. The van der Waals surface area contributed by atoms with Crippen LogP contribution in [0, 0.1) is 0 Å². The molecule has 0 radical (unpaired) electrons. The van der Waals surface area contributed by atoms with E-state index in [-0.39, 0.29) is 18.6 Å². The van der Waals surface area contributed by atoms with E-state index in [1.54, 1.807) is 0 Å². The Morgan fingerprint density at radius 2 is 1.62 bits per heavy atom. The number of halogens is 10. The monoisotopic (exact) mass is 516 g/mol. The number of alkyl halides is 8. The molecule has 186 valence electrons. The third-order valence-corrected chi connectivity index (χ3v) is 5.13. The Balaban J connectivity index is 2.64. The molecule has 0 saturated carbocycles. The molecule has 0 bridgehead atoms. The second kappa shape index (κ2) is 10.0. The van der Waals surface area contributed by atoms with Crippen LogP contribution in [-0.4, -0.2) is 12.0 Å². The maximum Gasteiger partial charge on any atom is 0.417 e. The van der Waals surface area contributed by atoms with E-state index in [0.717, 1.165) is 25.1 Å². The van der Waals surface area contributed by atoms with Gasteiger partial charge in [0.05, 0.1) is 5.56 Å². The average Bonchev–Trinajstić information content (AvgIpc) is 2.69. The van der Waals surface area contributed by atoms with Crippen LogP contribution in [-0.2, 0) is 12.1 Å². The van der Waals surface area contributed by atoms with Crippen molar-refractivity contribution in [2.75, 3.05) is 0 Å². The van der Waals surface area contributed by atoms with Gasteiger partial charge in [-0.05, 0) is 42.8 Å². The summed E-state index contributed by atoms with van der Waals surface area (Å²) in [7, 11) is 0. The second-order valence-electron chi connectivity index (χ2n) is 7.58. The molecule has 0 spiro atoms. The molecule has 0 aliphatic heterocycles. The van der Waals surface area contributed by atoms with Crippen LogP contribution < -0.4 is 0 Å². The lowest BCUT2D eigenvalue weighted by atomic mass is 9.92. The number of carbonyl (C=O) groups excluding carboxylic acids is 1. The van der Waals surface area contributed by atoms with Crippen molar-refractivity contribution in [3.8, 4) is 0 Å². The van der Waals surface area contributed by atoms with Gasteiger partial charge in [0.15, 0.2) is 5.78 Å². The Morgan fingerprint density at radius 3 is 2.12 bits per heavy atom. The maximum absolute atomic E-state index is 14.8. The molecule has 0 N–H and O–H groups in total. The number of hydrogen-bond donors (Lipinski definition) is 0. The first-order valence-electron chi connectivity index (χ1n) is 9.82. The third kappa shape index (κ3) is 6.55. The number of allylic oxidation sites excluding steroid dienone is 1. The van der Waals surface area contributed by atoms with Crippen molar-refractivity contribution < 1.29 is 44.3 Å². The Bertz CT molecular complexity index is 1080. The third-order valence-electron chi connectivity index (χ3n) is 4.91. The van der Waals surface area contributed by atoms with E-state index < -0.39 is 75.1 Å². The quantitative estimate of drug-likeness (QED) is 0.265. The fraction of sp³-hybridized carbons (Fsp3) is 0.348. The van der Waals surface area contributed by atoms with Crippen molar-refractivity contribution in [3.63, 3.8) is 0 Å². The van der Waals surface area contributed by atoms with Crippen LogP contribution in [0.3, 0.4) is 0 Å². The van der Waals surface area contributed by atoms with Crippen LogP contribution in [0.5, 0.6) is 0 Å². The molecule has 34 heavy (non-hydrogen) atoms. The smallest absolute Gasteiger partial charge is 0.294 e. The zero-order chi connectivity index (χ0) is 26.1. The fourth-order valence-electron chi connectivity index (χ4n) is 3.32. The molecule has 0 saturated heterocycles. The topological polar surface area (TPSA) is 17.1 Å². The first-order valence-corrected chi connectivity index (χ1v) is 10.2. The molecule has 1 atom stereocenters. The molecule has 11 heteroatoms. The molecule has 0 fully saturated rings. The van der Waals surface area contributed by atoms with E-state index in [1.807, 2.05) is 0 Å². The van der Waals surface area contributed by atoms with Crippen molar-refractivity contribution in [1.82, 2.24) is 0 Å². The summed E-state index contributed by atoms with van der Waals surface area (Å²) in [6, 6.07) is 3.67. The van der Waals surface area contributed by atoms with Crippen molar-refractivity contribution in [2.45, 2.75) is 50.9 Å². The minimum absolute atomic E-state index is 0.0175. The highest BCUT2D eigenvalue weighted by atomic mass is 35.5. The highest BCUT2D eigenvalue weighted by Gasteiger charge is 2.42. The first kappa shape index (κ1) is 27.8. The van der Waals surface area contributed by atoms with Crippen molar-refractivity contribution in [3.05, 3.63) is 75.3 Å². The molecule has 1 nitrogen and oxygen atoms in total. The number of benzene rings is 2. The fourth-order valence-corrected chi connectivity index (χ4v) is 3.56. The molecule has 2 aromatic rings. The predicted octanol–water partition coefficient (Wildman–Crippen LogP) is 9.11. The summed E-state index contributed by atoms with van der Waals surface area (Å²) in [6.45, 7) is 2.30. The number of carbonyl (C=O) groups is 1. The summed E-state index contributed by atoms with van der Waals surface area (Å²) < 4.78 is 124. The number of ketones is 1. The van der Waals surface area contributed by atoms with Crippen LogP contribution in [0.2, 0.25) is 5.02 Å². The van der Waals surface area contributed by atoms with Gasteiger partial charge < -0.3 is 0 Å². The minimum atomic E-state index is -5.19. The Labute approximate surface area is 194 Å². The molecule has 2 aromatic carbocycles. The molecule has 0 aliphatic rings. The predicted molar refractivity (Wildman–Crippen MR) is 110 cm³/mol. The van der Waals surface area contributed by atoms with E-state index >= 15 is 0 Å². The van der Waals surface area contributed by atoms with Crippen LogP contribution in [0.4, 0.5) is 39.5 Å². The van der Waals surface area contributed by atoms with Gasteiger partial charge in [-0.1, -0.05) is 37.1 Å². The summed E-state index contributed by atoms with van der Waals surface area (Å²) in [5, 5.41) is -0.448. The van der Waals surface area contributed by atoms with Gasteiger partial charge in [0.1, 0.15) is 11.7 Å². The summed E-state index contributed by atoms with van der Waals surface area (Å²) in [5.41, 5.74) is -4.78. The molecular weight excluding hydrogens is 499 g/mol. The second-order valence-corrected chi connectivity index (χ2v) is 8.01. The summed E-state index contributed by atoms with van der Waals surface area (Å²) in [6.07, 6.45) is -10.9. The summed E-state index contributed by atoms with van der Waals surface area (Å²) in [4.78, 5) is 11.4. The molecule has 2 rings (SSSR count). The van der Waals surface area contributed by atoms with Gasteiger partial charge in [0, 0.05) is 28.1 Å². The van der Waals surface area contributed by atoms with Crippen molar-refractivity contribution >= 4 is 23.2 Å². The lowest BCUT2D eigenvalue weighted by molar-refractivity contribution is -0.140. The normalized spacial score (nSPS) is 14.3. The van der Waals surface area contributed by atoms with E-state index in [2.05, 4.69) is 0 Å². The average molecular weight is 517 g/mol. The SMILES string of the molecule is CCCC(F)(F)c1cc(Cl)cc(C(/C=C(\F)c2ccc(C(C)=O)c(C(F)(F)F)c2)C(F)(F)F)c1. The molecular formula is C23H18ClF9O. The summed E-state index contributed by atoms with van der Waals surface area (Å²) in [5.74, 6) is -8.96. The van der Waals surface area contributed by atoms with Crippen LogP contribution in [0.15, 0.2) is 42.5 Å². The van der Waals surface area contributed by atoms with Gasteiger partial charge in [-0.25, -0.2) is 13.2 Å². The van der Waals surface area contributed by atoms with Crippen molar-refractivity contribution in [1.29, 1.82) is 0 Å². The van der Waals surface area contributed by atoms with Gasteiger partial charge in [-0.15, -0.1) is 0 Å². The molecule has 0 amide bonds. The van der Waals surface area contributed by atoms with E-state index in [0.29, 0.717) is 12.1 Å². The number of Topliss-reactive ketones (excluding diaryl/α,β-unsaturated/α-hetero) is 1. The van der Waals surface area contributed by atoms with Crippen LogP contribution in [0.25, 0.3) is 5.83 Å². The Kier molecular flexibility index (Phi) is 8.17. The first-order chi connectivity index (χ1) is 15.5. The zero-order valence-corrected chi connectivity index (χ0v) is 18.5. The lowest BCUT2D eigenvalue weighted by Gasteiger charge is -2.22. The molecule has 0 aromatic heterocycles. The summed E-state index contributed by atoms with van der Waals surface area (Å²) >= 11 is 5.75. The standard InChI is InChI=1S/C23H18ClF9O/c1-3-6-21(26,27)15-7-14(8-16(24)10-15)18(22(28,29)30)11-20(25)13-4-5-17(12(2)34)19(9-13)23(31,32)33/h4-5,7-11,18H,3,6H2,1-2H3/b20-11-. The van der Waals surface area contributed by atoms with Crippen LogP contribution in [0.1, 0.15) is 65.2 Å². The number of hydrogen-bond acceptors (Lipinski definition) is 1. The highest BCUT2D eigenvalue weighted by Crippen LogP contribution is 2.43. The van der Waals surface area contributed by atoms with Gasteiger partial charge in [0.2, 0.25) is 0 Å². The van der Waals surface area contributed by atoms with E-state index in [4.69, 9.17) is 11.6 Å². The lowest BCUT2D eigenvalue weighted by Crippen LogP contribution is -2.21. The van der Waals surface area contributed by atoms with Gasteiger partial charge >= 0.3 is 12.4 Å². The zero-order valence-electron chi connectivity index (χ0n) is 17.7. The van der Waals surface area contributed by atoms with Crippen LogP contribution >= 0.6 is 11.6 Å². The maximum atomic E-state index is 14.8. The van der Waals surface area contributed by atoms with Gasteiger partial charge in [-0.3, -0.25) is 4.79 Å². The highest BCUT2D eigenvalue weighted by molar-refractivity contribution is 6.30. The number of rotatable bonds is 7. The molecule has 1 unspecified atom stereocenters. The van der Waals surface area contributed by atoms with Gasteiger partial charge in [0.25, 0.3) is 5.92 Å². The van der Waals surface area contributed by atoms with E-state index in [1.165, 1.54) is 6.92 Å². The molecule has 0 aliphatic carbocycles. The minimum Gasteiger partial charge on any atom is -0.294 e. The van der Waals surface area contributed by atoms with Gasteiger partial charge in [-0.2, -0.15) is 26.3 Å². The Morgan fingerprint density at radius 1 is 1.00 bits per heavy atom. The van der Waals surface area contributed by atoms with Crippen molar-refractivity contribution in [2.24, 2.45) is 0 Å². The van der Waals surface area contributed by atoms with E-state index in [9.17, 15) is 44.3 Å². The molecule has 0 heterocycles. The largest absolute Gasteiger partial charge is 0.417 e.